The largest absolute Gasteiger partial charge is 0.436 e. The molecular weight excluding hydrogens is 665 g/mol. The predicted octanol–water partition coefficient (Wildman–Crippen LogP) is 11.7. The molecule has 0 unspecified atom stereocenters. The third-order valence-corrected chi connectivity index (χ3v) is 11.1. The lowest BCUT2D eigenvalue weighted by Gasteiger charge is -2.18. The van der Waals surface area contributed by atoms with E-state index in [4.69, 9.17) is 24.9 Å². The Labute approximate surface area is 315 Å². The number of benzene rings is 7. The van der Waals surface area contributed by atoms with E-state index in [9.17, 15) is 0 Å². The second-order valence-electron chi connectivity index (χ2n) is 14.0. The van der Waals surface area contributed by atoms with Crippen molar-refractivity contribution in [3.8, 4) is 67.9 Å². The third-order valence-electron chi connectivity index (χ3n) is 9.35. The Morgan fingerprint density at radius 2 is 1.09 bits per heavy atom. The fourth-order valence-corrected chi connectivity index (χ4v) is 7.49. The second kappa shape index (κ2) is 13.2. The number of hydrogen-bond donors (Lipinski definition) is 0. The molecule has 53 heavy (non-hydrogen) atoms. The van der Waals surface area contributed by atoms with E-state index in [1.165, 1.54) is 0 Å². The monoisotopic (exact) mass is 704 g/mol. The van der Waals surface area contributed by atoms with Gasteiger partial charge in [0, 0.05) is 22.3 Å². The highest BCUT2D eigenvalue weighted by Crippen LogP contribution is 2.37. The summed E-state index contributed by atoms with van der Waals surface area (Å²) in [7, 11) is -2.17. The summed E-state index contributed by atoms with van der Waals surface area (Å²) in [5, 5.41) is 2.54. The minimum absolute atomic E-state index is 0.000425. The van der Waals surface area contributed by atoms with E-state index in [-0.39, 0.29) is 24.2 Å². The first kappa shape index (κ1) is 28.1. The van der Waals surface area contributed by atoms with Gasteiger partial charge < -0.3 is 4.42 Å². The minimum atomic E-state index is -2.17. The lowest BCUT2D eigenvalue weighted by molar-refractivity contribution is 0.620. The average molecular weight is 705 g/mol. The number of hydrogen-bond acceptors (Lipinski definition) is 5. The fraction of sp³-hybridized carbons (Fsp3) is 0.0638. The molecule has 9 rings (SSSR count). The second-order valence-corrected chi connectivity index (χ2v) is 19.0. The maximum atomic E-state index is 9.16. The van der Waals surface area contributed by atoms with Gasteiger partial charge in [0.15, 0.2) is 23.1 Å². The van der Waals surface area contributed by atoms with Crippen LogP contribution in [0.1, 0.15) is 5.48 Å². The molecule has 0 aliphatic heterocycles. The highest BCUT2D eigenvalue weighted by atomic mass is 28.3. The average Bonchev–Trinajstić information content (AvgIpc) is 3.67. The van der Waals surface area contributed by atoms with Gasteiger partial charge in [-0.25, -0.2) is 19.9 Å². The summed E-state index contributed by atoms with van der Waals surface area (Å²) in [5.74, 6) is 2.17. The third kappa shape index (κ3) is 6.34. The maximum Gasteiger partial charge on any atom is 0.227 e. The zero-order chi connectivity index (χ0) is 39.4. The zero-order valence-electron chi connectivity index (χ0n) is 33.5. The van der Waals surface area contributed by atoms with Crippen molar-refractivity contribution in [3.05, 3.63) is 164 Å². The van der Waals surface area contributed by atoms with Gasteiger partial charge in [-0.05, 0) is 69.4 Å². The summed E-state index contributed by atoms with van der Waals surface area (Å²) in [5.41, 5.74) is 7.88. The van der Waals surface area contributed by atoms with Crippen LogP contribution in [0.25, 0.3) is 89.7 Å². The molecule has 0 aliphatic rings. The molecule has 2 heterocycles. The molecule has 0 fully saturated rings. The van der Waals surface area contributed by atoms with E-state index in [1.807, 2.05) is 121 Å². The Morgan fingerprint density at radius 1 is 0.491 bits per heavy atom. The van der Waals surface area contributed by atoms with E-state index >= 15 is 0 Å². The van der Waals surface area contributed by atoms with Gasteiger partial charge in [0.25, 0.3) is 0 Å². The Kier molecular flexibility index (Phi) is 7.02. The molecule has 7 aromatic carbocycles. The first-order valence-corrected chi connectivity index (χ1v) is 21.1. The molecule has 2 aromatic heterocycles. The van der Waals surface area contributed by atoms with Gasteiger partial charge in [0.1, 0.15) is 5.52 Å². The van der Waals surface area contributed by atoms with Crippen molar-refractivity contribution in [3.63, 3.8) is 0 Å². The van der Waals surface area contributed by atoms with Crippen molar-refractivity contribution in [1.29, 1.82) is 0 Å². The molecule has 0 spiro atoms. The van der Waals surface area contributed by atoms with Crippen LogP contribution in [0.3, 0.4) is 0 Å². The molecule has 0 atom stereocenters. The van der Waals surface area contributed by atoms with Crippen molar-refractivity contribution in [2.75, 3.05) is 0 Å². The van der Waals surface area contributed by atoms with Gasteiger partial charge in [0.05, 0.1) is 13.6 Å². The van der Waals surface area contributed by atoms with Crippen molar-refractivity contribution in [2.45, 2.75) is 19.6 Å². The van der Waals surface area contributed by atoms with Crippen LogP contribution in [0, 0.1) is 0 Å². The van der Waals surface area contributed by atoms with Gasteiger partial charge in [-0.3, -0.25) is 0 Å². The lowest BCUT2D eigenvalue weighted by atomic mass is 9.93. The molecule has 0 saturated heterocycles. The number of oxazole rings is 1. The van der Waals surface area contributed by atoms with Gasteiger partial charge in [-0.15, -0.1) is 0 Å². The van der Waals surface area contributed by atoms with Crippen LogP contribution in [0.5, 0.6) is 0 Å². The summed E-state index contributed by atoms with van der Waals surface area (Å²) in [6.45, 7) is 6.22. The molecule has 0 radical (unpaired) electrons. The zero-order valence-corrected chi connectivity index (χ0v) is 30.5. The molecule has 0 aliphatic carbocycles. The summed E-state index contributed by atoms with van der Waals surface area (Å²) >= 11 is 0. The predicted molar refractivity (Wildman–Crippen MR) is 220 cm³/mol. The molecule has 0 amide bonds. The fourth-order valence-electron chi connectivity index (χ4n) is 6.55. The van der Waals surface area contributed by atoms with Crippen LogP contribution in [0.4, 0.5) is 0 Å². The van der Waals surface area contributed by atoms with Crippen LogP contribution in [0.2, 0.25) is 19.6 Å². The number of nitrogens with zero attached hydrogens (tertiary/aromatic N) is 4. The van der Waals surface area contributed by atoms with Gasteiger partial charge >= 0.3 is 0 Å². The van der Waals surface area contributed by atoms with Crippen LogP contribution in [0.15, 0.2) is 168 Å². The molecular formula is C47H36N4OSi. The number of rotatable bonds is 7. The summed E-state index contributed by atoms with van der Waals surface area (Å²) < 4.78 is 41.3. The first-order chi connectivity index (χ1) is 27.5. The molecule has 6 heteroatoms. The van der Waals surface area contributed by atoms with Crippen molar-refractivity contribution >= 4 is 35.1 Å². The first-order valence-electron chi connectivity index (χ1n) is 19.6. The van der Waals surface area contributed by atoms with Gasteiger partial charge in [0.2, 0.25) is 5.89 Å². The van der Waals surface area contributed by atoms with Crippen LogP contribution in [-0.4, -0.2) is 28.0 Å². The minimum Gasteiger partial charge on any atom is -0.436 e. The van der Waals surface area contributed by atoms with Gasteiger partial charge in [-0.2, -0.15) is 0 Å². The van der Waals surface area contributed by atoms with Crippen molar-refractivity contribution < 1.29 is 9.90 Å². The topological polar surface area (TPSA) is 64.7 Å². The number of aromatic nitrogens is 4. The van der Waals surface area contributed by atoms with E-state index in [1.54, 1.807) is 0 Å². The number of fused-ring (bicyclic) bond motifs is 2. The lowest BCUT2D eigenvalue weighted by Crippen LogP contribution is -2.37. The molecule has 5 nitrogen and oxygen atoms in total. The summed E-state index contributed by atoms with van der Waals surface area (Å²) in [6.07, 6.45) is 0. The van der Waals surface area contributed by atoms with Crippen LogP contribution < -0.4 is 5.19 Å². The van der Waals surface area contributed by atoms with Crippen molar-refractivity contribution in [1.82, 2.24) is 19.9 Å². The molecule has 0 bridgehead atoms. The van der Waals surface area contributed by atoms with Gasteiger partial charge in [-0.1, -0.05) is 152 Å². The van der Waals surface area contributed by atoms with E-state index in [2.05, 4.69) is 42.8 Å². The van der Waals surface area contributed by atoms with E-state index in [0.29, 0.717) is 39.7 Å². The molecule has 0 saturated carbocycles. The molecule has 9 aromatic rings. The Bertz CT molecular complexity index is 2970. The molecule has 0 N–H and O–H groups in total. The summed E-state index contributed by atoms with van der Waals surface area (Å²) in [4.78, 5) is 19.7. The van der Waals surface area contributed by atoms with Crippen LogP contribution in [-0.2, 0) is 0 Å². The Balaban J connectivity index is 1.16. The van der Waals surface area contributed by atoms with Crippen molar-refractivity contribution in [2.24, 2.45) is 0 Å². The highest BCUT2D eigenvalue weighted by Gasteiger charge is 2.19. The smallest absolute Gasteiger partial charge is 0.227 e. The molecule has 254 valence electrons. The Hall–Kier alpha value is -6.50. The van der Waals surface area contributed by atoms with E-state index < -0.39 is 8.07 Å². The summed E-state index contributed by atoms with van der Waals surface area (Å²) in [6, 6.07) is 45.6. The normalized spacial score (nSPS) is 12.7. The standard InChI is InChI=1S/C47H36N4OSi/c1-53(2,3)37-18-12-16-35(30-37)34-15-11-17-36(29-34)38-27-28-41(40-20-8-7-19-39(38)40)46-50-44(31-13-5-4-6-14-31)49-45(51-46)32-23-25-33(26-24-32)47-48-42-21-9-10-22-43(42)52-47/h4-30H,1-3H3/i12D,16D,18D,30D. The van der Waals surface area contributed by atoms with Crippen LogP contribution >= 0.6 is 0 Å². The SMILES string of the molecule is [2H]c1c([2H])c(-c2cccc(-c3ccc(-c4nc(-c5ccccc5)nc(-c5ccc(-c6nc7ccccc7o6)cc5)n4)c4ccccc34)c2)c([2H])c([Si](C)(C)C)c1[2H]. The number of para-hydroxylation sites is 2. The maximum absolute atomic E-state index is 9.16. The van der Waals surface area contributed by atoms with E-state index in [0.717, 1.165) is 55.3 Å². The Morgan fingerprint density at radius 3 is 1.85 bits per heavy atom. The quantitative estimate of drug-likeness (QED) is 0.155. The highest BCUT2D eigenvalue weighted by molar-refractivity contribution is 6.88.